The maximum Gasteiger partial charge on any atom is 0.172 e. The van der Waals surface area contributed by atoms with Gasteiger partial charge in [-0.15, -0.1) is 0 Å². The number of nitrogens with two attached hydrogens (primary N) is 1. The lowest BCUT2D eigenvalue weighted by Gasteiger charge is -2.33. The number of methoxy groups -OCH3 is 1. The van der Waals surface area contributed by atoms with E-state index in [9.17, 15) is 0 Å². The zero-order valence-electron chi connectivity index (χ0n) is 11.5. The van der Waals surface area contributed by atoms with Gasteiger partial charge in [0.25, 0.3) is 0 Å². The molecule has 19 heavy (non-hydrogen) atoms. The zero-order valence-corrected chi connectivity index (χ0v) is 11.5. The molecule has 0 aromatic heterocycles. The first-order valence-electron chi connectivity index (χ1n) is 6.56. The Kier molecular flexibility index (Phi) is 4.14. The van der Waals surface area contributed by atoms with E-state index in [4.69, 9.17) is 15.7 Å². The van der Waals surface area contributed by atoms with Crippen LogP contribution in [0.15, 0.2) is 23.4 Å². The molecule has 1 aromatic rings. The minimum Gasteiger partial charge on any atom is -0.497 e. The van der Waals surface area contributed by atoms with Crippen molar-refractivity contribution in [1.82, 2.24) is 0 Å². The van der Waals surface area contributed by atoms with Gasteiger partial charge < -0.3 is 20.6 Å². The molecule has 5 heteroatoms. The molecule has 1 aliphatic rings. The molecule has 1 aromatic carbocycles. The molecule has 0 unspecified atom stereocenters. The molecule has 0 aliphatic carbocycles. The van der Waals surface area contributed by atoms with Crippen LogP contribution in [-0.4, -0.2) is 31.2 Å². The van der Waals surface area contributed by atoms with Gasteiger partial charge in [-0.3, -0.25) is 0 Å². The summed E-state index contributed by atoms with van der Waals surface area (Å²) in [5.41, 5.74) is 7.47. The highest BCUT2D eigenvalue weighted by Gasteiger charge is 2.20. The predicted octanol–water partition coefficient (Wildman–Crippen LogP) is 2.03. The highest BCUT2D eigenvalue weighted by molar-refractivity contribution is 6.02. The number of amidine groups is 1. The summed E-state index contributed by atoms with van der Waals surface area (Å²) in [5.74, 6) is 1.67. The van der Waals surface area contributed by atoms with Crippen LogP contribution in [-0.2, 0) is 0 Å². The van der Waals surface area contributed by atoms with Gasteiger partial charge >= 0.3 is 0 Å². The van der Waals surface area contributed by atoms with Crippen LogP contribution in [0.2, 0.25) is 0 Å². The van der Waals surface area contributed by atoms with Crippen molar-refractivity contribution in [3.05, 3.63) is 23.8 Å². The van der Waals surface area contributed by atoms with Gasteiger partial charge in [-0.1, -0.05) is 12.1 Å². The molecule has 1 saturated heterocycles. The summed E-state index contributed by atoms with van der Waals surface area (Å²) in [6, 6.07) is 5.61. The minimum absolute atomic E-state index is 0.135. The maximum atomic E-state index is 8.89. The minimum atomic E-state index is 0.135. The second-order valence-electron chi connectivity index (χ2n) is 5.04. The maximum absolute atomic E-state index is 8.89. The molecular formula is C14H21N3O2. The van der Waals surface area contributed by atoms with Crippen molar-refractivity contribution in [2.24, 2.45) is 16.8 Å². The van der Waals surface area contributed by atoms with Crippen molar-refractivity contribution in [3.8, 4) is 5.75 Å². The number of oxime groups is 1. The molecule has 0 atom stereocenters. The Morgan fingerprint density at radius 2 is 2.11 bits per heavy atom. The third-order valence-electron chi connectivity index (χ3n) is 3.71. The van der Waals surface area contributed by atoms with Gasteiger partial charge in [0.1, 0.15) is 5.75 Å². The van der Waals surface area contributed by atoms with E-state index in [1.807, 2.05) is 18.2 Å². The van der Waals surface area contributed by atoms with Crippen LogP contribution in [0.3, 0.4) is 0 Å². The Morgan fingerprint density at radius 1 is 1.42 bits per heavy atom. The Hall–Kier alpha value is -1.91. The second-order valence-corrected chi connectivity index (χ2v) is 5.04. The van der Waals surface area contributed by atoms with Crippen molar-refractivity contribution in [2.75, 3.05) is 25.1 Å². The van der Waals surface area contributed by atoms with E-state index in [0.717, 1.165) is 48.8 Å². The first-order chi connectivity index (χ1) is 9.15. The van der Waals surface area contributed by atoms with E-state index in [-0.39, 0.29) is 5.84 Å². The van der Waals surface area contributed by atoms with E-state index in [0.29, 0.717) is 0 Å². The topological polar surface area (TPSA) is 71.1 Å². The molecule has 0 bridgehead atoms. The van der Waals surface area contributed by atoms with Gasteiger partial charge in [0.2, 0.25) is 0 Å². The molecule has 0 radical (unpaired) electrons. The van der Waals surface area contributed by atoms with E-state index in [1.165, 1.54) is 0 Å². The Morgan fingerprint density at radius 3 is 2.68 bits per heavy atom. The number of hydrogen-bond acceptors (Lipinski definition) is 4. The Labute approximate surface area is 113 Å². The van der Waals surface area contributed by atoms with Gasteiger partial charge in [0.05, 0.1) is 12.8 Å². The predicted molar refractivity (Wildman–Crippen MR) is 76.1 cm³/mol. The fourth-order valence-corrected chi connectivity index (χ4v) is 2.42. The smallest absolute Gasteiger partial charge is 0.172 e. The van der Waals surface area contributed by atoms with E-state index >= 15 is 0 Å². The first-order valence-corrected chi connectivity index (χ1v) is 6.56. The summed E-state index contributed by atoms with van der Waals surface area (Å²) in [7, 11) is 1.64. The lowest BCUT2D eigenvalue weighted by Crippen LogP contribution is -2.34. The van der Waals surface area contributed by atoms with Crippen molar-refractivity contribution in [3.63, 3.8) is 0 Å². The van der Waals surface area contributed by atoms with Gasteiger partial charge in [0.15, 0.2) is 5.84 Å². The molecule has 0 spiro atoms. The summed E-state index contributed by atoms with van der Waals surface area (Å²) < 4.78 is 5.27. The quantitative estimate of drug-likeness (QED) is 0.379. The Balaban J connectivity index is 2.35. The molecule has 5 nitrogen and oxygen atoms in total. The van der Waals surface area contributed by atoms with Gasteiger partial charge in [-0.2, -0.15) is 0 Å². The highest BCUT2D eigenvalue weighted by Crippen LogP contribution is 2.29. The van der Waals surface area contributed by atoms with Crippen LogP contribution in [0.4, 0.5) is 5.69 Å². The van der Waals surface area contributed by atoms with E-state index < -0.39 is 0 Å². The van der Waals surface area contributed by atoms with Gasteiger partial charge in [0, 0.05) is 24.7 Å². The third-order valence-corrected chi connectivity index (χ3v) is 3.71. The number of nitrogens with zero attached hydrogens (tertiary/aromatic N) is 2. The molecule has 0 saturated carbocycles. The van der Waals surface area contributed by atoms with Crippen LogP contribution in [0, 0.1) is 5.92 Å². The molecule has 0 amide bonds. The largest absolute Gasteiger partial charge is 0.497 e. The van der Waals surface area contributed by atoms with Crippen LogP contribution in [0.25, 0.3) is 0 Å². The fraction of sp³-hybridized carbons (Fsp3) is 0.500. The summed E-state index contributed by atoms with van der Waals surface area (Å²) in [5, 5.41) is 12.0. The lowest BCUT2D eigenvalue weighted by atomic mass is 9.98. The number of rotatable bonds is 3. The van der Waals surface area contributed by atoms with Crippen LogP contribution in [0.5, 0.6) is 5.75 Å². The number of hydrogen-bond donors (Lipinski definition) is 2. The standard InChI is InChI=1S/C14H21N3O2/c1-10-5-7-17(8-6-10)13-9-11(19-2)3-4-12(13)14(15)16-18/h3-4,9-10,18H,5-8H2,1-2H3,(H2,15,16). The molecule has 3 N–H and O–H groups in total. The summed E-state index contributed by atoms with van der Waals surface area (Å²) >= 11 is 0. The molecular weight excluding hydrogens is 242 g/mol. The van der Waals surface area contributed by atoms with Crippen molar-refractivity contribution in [1.29, 1.82) is 0 Å². The van der Waals surface area contributed by atoms with Crippen LogP contribution < -0.4 is 15.4 Å². The molecule has 1 heterocycles. The highest BCUT2D eigenvalue weighted by atomic mass is 16.5. The fourth-order valence-electron chi connectivity index (χ4n) is 2.42. The summed E-state index contributed by atoms with van der Waals surface area (Å²) in [6.07, 6.45) is 2.32. The van der Waals surface area contributed by atoms with Crippen molar-refractivity contribution >= 4 is 11.5 Å². The summed E-state index contributed by atoms with van der Waals surface area (Å²) in [6.45, 7) is 4.24. The number of benzene rings is 1. The number of piperidine rings is 1. The van der Waals surface area contributed by atoms with Crippen molar-refractivity contribution in [2.45, 2.75) is 19.8 Å². The lowest BCUT2D eigenvalue weighted by molar-refractivity contribution is 0.318. The first kappa shape index (κ1) is 13.5. The number of anilines is 1. The normalized spacial score (nSPS) is 17.6. The van der Waals surface area contributed by atoms with Crippen LogP contribution in [0.1, 0.15) is 25.3 Å². The summed E-state index contributed by atoms with van der Waals surface area (Å²) in [4.78, 5) is 2.27. The second kappa shape index (κ2) is 5.82. The molecule has 1 aliphatic heterocycles. The van der Waals surface area contributed by atoms with Crippen LogP contribution >= 0.6 is 0 Å². The van der Waals surface area contributed by atoms with E-state index in [2.05, 4.69) is 17.0 Å². The average molecular weight is 263 g/mol. The average Bonchev–Trinajstić information content (AvgIpc) is 2.46. The Bertz CT molecular complexity index is 466. The number of ether oxygens (including phenoxy) is 1. The van der Waals surface area contributed by atoms with E-state index in [1.54, 1.807) is 7.11 Å². The molecule has 104 valence electrons. The van der Waals surface area contributed by atoms with Gasteiger partial charge in [-0.05, 0) is 30.9 Å². The molecule has 2 rings (SSSR count). The molecule has 1 fully saturated rings. The third kappa shape index (κ3) is 2.92. The van der Waals surface area contributed by atoms with Crippen molar-refractivity contribution < 1.29 is 9.94 Å². The monoisotopic (exact) mass is 263 g/mol. The SMILES string of the molecule is COc1ccc(/C(N)=N/O)c(N2CCC(C)CC2)c1. The zero-order chi connectivity index (χ0) is 13.8. The van der Waals surface area contributed by atoms with Gasteiger partial charge in [-0.25, -0.2) is 0 Å².